The largest absolute Gasteiger partial charge is 0.381 e. The zero-order valence-electron chi connectivity index (χ0n) is 16.5. The molecule has 27 heavy (non-hydrogen) atoms. The van der Waals surface area contributed by atoms with Crippen LogP contribution in [0.2, 0.25) is 0 Å². The first-order valence-electron chi connectivity index (χ1n) is 9.86. The number of carbonyl (C=O) groups is 2. The molecule has 1 N–H and O–H groups in total. The standard InChI is InChI=1S/C20H30N4O3/c1-13-21-11-17(20(26)24(2)3)18(23-13)15-6-4-14(5-7-15)10-22-19(25)16-8-9-27-12-16/h11,14-16H,4-10,12H2,1-3H3,(H,22,25)/t14?,15?,16-/m1/s1. The molecule has 7 nitrogen and oxygen atoms in total. The number of nitrogens with zero attached hydrogens (tertiary/aromatic N) is 3. The Balaban J connectivity index is 1.56. The van der Waals surface area contributed by atoms with E-state index >= 15 is 0 Å². The molecule has 1 saturated heterocycles. The maximum Gasteiger partial charge on any atom is 0.256 e. The summed E-state index contributed by atoms with van der Waals surface area (Å²) in [5.41, 5.74) is 1.50. The molecular weight excluding hydrogens is 344 g/mol. The highest BCUT2D eigenvalue weighted by Crippen LogP contribution is 2.36. The van der Waals surface area contributed by atoms with E-state index in [2.05, 4.69) is 15.3 Å². The van der Waals surface area contributed by atoms with Crippen LogP contribution in [0.25, 0.3) is 0 Å². The first kappa shape index (κ1) is 19.7. The van der Waals surface area contributed by atoms with E-state index in [1.807, 2.05) is 6.92 Å². The molecule has 1 aromatic rings. The average molecular weight is 374 g/mol. The molecule has 0 aromatic carbocycles. The van der Waals surface area contributed by atoms with Gasteiger partial charge < -0.3 is 15.0 Å². The summed E-state index contributed by atoms with van der Waals surface area (Å²) in [4.78, 5) is 35.0. The van der Waals surface area contributed by atoms with E-state index < -0.39 is 0 Å². The van der Waals surface area contributed by atoms with Crippen molar-refractivity contribution >= 4 is 11.8 Å². The summed E-state index contributed by atoms with van der Waals surface area (Å²) in [6, 6.07) is 0. The van der Waals surface area contributed by atoms with Crippen LogP contribution >= 0.6 is 0 Å². The van der Waals surface area contributed by atoms with Crippen molar-refractivity contribution in [1.82, 2.24) is 20.2 Å². The third-order valence-electron chi connectivity index (χ3n) is 5.67. The van der Waals surface area contributed by atoms with Crippen LogP contribution in [-0.2, 0) is 9.53 Å². The van der Waals surface area contributed by atoms with Gasteiger partial charge in [-0.25, -0.2) is 9.97 Å². The van der Waals surface area contributed by atoms with Crippen molar-refractivity contribution in [1.29, 1.82) is 0 Å². The first-order valence-corrected chi connectivity index (χ1v) is 9.86. The molecule has 0 bridgehead atoms. The Morgan fingerprint density at radius 3 is 2.59 bits per heavy atom. The normalized spacial score (nSPS) is 25.2. The Kier molecular flexibility index (Phi) is 6.42. The highest BCUT2D eigenvalue weighted by molar-refractivity contribution is 5.94. The molecule has 2 heterocycles. The average Bonchev–Trinajstić information content (AvgIpc) is 3.21. The molecule has 1 aromatic heterocycles. The van der Waals surface area contributed by atoms with Crippen LogP contribution in [0.15, 0.2) is 6.20 Å². The van der Waals surface area contributed by atoms with E-state index in [0.29, 0.717) is 30.5 Å². The topological polar surface area (TPSA) is 84.4 Å². The SMILES string of the molecule is Cc1ncc(C(=O)N(C)C)c(C2CCC(CNC(=O)[C@@H]3CCOC3)CC2)n1. The fourth-order valence-electron chi connectivity index (χ4n) is 3.97. The smallest absolute Gasteiger partial charge is 0.256 e. The second kappa shape index (κ2) is 8.78. The Morgan fingerprint density at radius 1 is 1.22 bits per heavy atom. The van der Waals surface area contributed by atoms with Gasteiger partial charge in [0.2, 0.25) is 5.91 Å². The number of amides is 2. The van der Waals surface area contributed by atoms with E-state index in [4.69, 9.17) is 4.74 Å². The molecule has 7 heteroatoms. The van der Waals surface area contributed by atoms with Crippen LogP contribution in [0, 0.1) is 18.8 Å². The second-order valence-corrected chi connectivity index (χ2v) is 7.94. The quantitative estimate of drug-likeness (QED) is 0.851. The van der Waals surface area contributed by atoms with Gasteiger partial charge in [-0.1, -0.05) is 0 Å². The number of nitrogens with one attached hydrogen (secondary N) is 1. The molecule has 1 aliphatic carbocycles. The zero-order valence-corrected chi connectivity index (χ0v) is 16.5. The van der Waals surface area contributed by atoms with Crippen LogP contribution in [0.5, 0.6) is 0 Å². The van der Waals surface area contributed by atoms with Gasteiger partial charge in [0.1, 0.15) is 5.82 Å². The predicted octanol–water partition coefficient (Wildman–Crippen LogP) is 1.91. The molecule has 2 aliphatic rings. The number of carbonyl (C=O) groups excluding carboxylic acids is 2. The lowest BCUT2D eigenvalue weighted by Crippen LogP contribution is -2.35. The predicted molar refractivity (Wildman–Crippen MR) is 101 cm³/mol. The number of ether oxygens (including phenoxy) is 1. The van der Waals surface area contributed by atoms with Crippen LogP contribution < -0.4 is 5.32 Å². The molecule has 1 aliphatic heterocycles. The van der Waals surface area contributed by atoms with Gasteiger partial charge in [-0.2, -0.15) is 0 Å². The second-order valence-electron chi connectivity index (χ2n) is 7.94. The lowest BCUT2D eigenvalue weighted by molar-refractivity contribution is -0.125. The van der Waals surface area contributed by atoms with Crippen molar-refractivity contribution in [3.05, 3.63) is 23.3 Å². The monoisotopic (exact) mass is 374 g/mol. The van der Waals surface area contributed by atoms with Gasteiger partial charge in [0.05, 0.1) is 23.8 Å². The molecule has 0 spiro atoms. The van der Waals surface area contributed by atoms with Gasteiger partial charge in [0.15, 0.2) is 0 Å². The highest BCUT2D eigenvalue weighted by atomic mass is 16.5. The van der Waals surface area contributed by atoms with Crippen molar-refractivity contribution in [3.8, 4) is 0 Å². The Hall–Kier alpha value is -2.02. The molecule has 148 valence electrons. The fraction of sp³-hybridized carbons (Fsp3) is 0.700. The minimum atomic E-state index is -0.0434. The molecule has 0 unspecified atom stereocenters. The number of hydrogen-bond donors (Lipinski definition) is 1. The first-order chi connectivity index (χ1) is 13.0. The summed E-state index contributed by atoms with van der Waals surface area (Å²) < 4.78 is 5.29. The van der Waals surface area contributed by atoms with Gasteiger partial charge >= 0.3 is 0 Å². The van der Waals surface area contributed by atoms with Crippen molar-refractivity contribution in [2.45, 2.75) is 44.9 Å². The summed E-state index contributed by atoms with van der Waals surface area (Å²) in [5.74, 6) is 1.57. The lowest BCUT2D eigenvalue weighted by atomic mass is 9.79. The van der Waals surface area contributed by atoms with Gasteiger partial charge in [-0.05, 0) is 44.9 Å². The van der Waals surface area contributed by atoms with Crippen molar-refractivity contribution < 1.29 is 14.3 Å². The molecular formula is C20H30N4O3. The van der Waals surface area contributed by atoms with E-state index in [1.165, 1.54) is 0 Å². The number of hydrogen-bond acceptors (Lipinski definition) is 5. The number of rotatable bonds is 5. The lowest BCUT2D eigenvalue weighted by Gasteiger charge is -2.29. The molecule has 1 atom stereocenters. The maximum atomic E-state index is 12.5. The van der Waals surface area contributed by atoms with Gasteiger partial charge in [0, 0.05) is 39.4 Å². The van der Waals surface area contributed by atoms with Crippen molar-refractivity contribution in [2.75, 3.05) is 33.9 Å². The third-order valence-corrected chi connectivity index (χ3v) is 5.67. The van der Waals surface area contributed by atoms with Gasteiger partial charge in [-0.15, -0.1) is 0 Å². The minimum absolute atomic E-state index is 0.0185. The zero-order chi connectivity index (χ0) is 19.4. The summed E-state index contributed by atoms with van der Waals surface area (Å²) in [5, 5.41) is 3.10. The van der Waals surface area contributed by atoms with Crippen molar-refractivity contribution in [3.63, 3.8) is 0 Å². The third kappa shape index (κ3) is 4.83. The molecule has 2 fully saturated rings. The van der Waals surface area contributed by atoms with Crippen LogP contribution in [-0.4, -0.2) is 60.5 Å². The van der Waals surface area contributed by atoms with Crippen LogP contribution in [0.1, 0.15) is 59.9 Å². The Labute approximate surface area is 160 Å². The summed E-state index contributed by atoms with van der Waals surface area (Å²) in [6.45, 7) is 3.83. The maximum absolute atomic E-state index is 12.5. The Morgan fingerprint density at radius 2 is 1.96 bits per heavy atom. The summed E-state index contributed by atoms with van der Waals surface area (Å²) in [6.07, 6.45) is 6.52. The van der Waals surface area contributed by atoms with E-state index in [-0.39, 0.29) is 23.7 Å². The number of aromatic nitrogens is 2. The Bertz CT molecular complexity index is 678. The highest BCUT2D eigenvalue weighted by Gasteiger charge is 2.29. The molecule has 2 amide bonds. The van der Waals surface area contributed by atoms with Gasteiger partial charge in [0.25, 0.3) is 5.91 Å². The van der Waals surface area contributed by atoms with Crippen molar-refractivity contribution in [2.24, 2.45) is 11.8 Å². The van der Waals surface area contributed by atoms with E-state index in [0.717, 1.165) is 44.3 Å². The van der Waals surface area contributed by atoms with E-state index in [9.17, 15) is 9.59 Å². The molecule has 3 rings (SSSR count). The molecule has 1 saturated carbocycles. The summed E-state index contributed by atoms with van der Waals surface area (Å²) >= 11 is 0. The van der Waals surface area contributed by atoms with Gasteiger partial charge in [-0.3, -0.25) is 9.59 Å². The van der Waals surface area contributed by atoms with Crippen LogP contribution in [0.4, 0.5) is 0 Å². The van der Waals surface area contributed by atoms with E-state index in [1.54, 1.807) is 25.2 Å². The fourth-order valence-corrected chi connectivity index (χ4v) is 3.97. The number of aryl methyl sites for hydroxylation is 1. The summed E-state index contributed by atoms with van der Waals surface area (Å²) in [7, 11) is 3.50. The minimum Gasteiger partial charge on any atom is -0.381 e. The molecule has 0 radical (unpaired) electrons. The van der Waals surface area contributed by atoms with Crippen LogP contribution in [0.3, 0.4) is 0 Å².